The molecule has 2 N–H and O–H groups in total. The van der Waals surface area contributed by atoms with Crippen molar-refractivity contribution in [2.75, 3.05) is 45.2 Å². The zero-order valence-corrected chi connectivity index (χ0v) is 21.2. The molecule has 31 heavy (non-hydrogen) atoms. The fourth-order valence-corrected chi connectivity index (χ4v) is 3.44. The first-order valence-corrected chi connectivity index (χ1v) is 10.7. The monoisotopic (exact) mass is 546 g/mol. The molecule has 1 saturated heterocycles. The van der Waals surface area contributed by atoms with Crippen LogP contribution in [0, 0.1) is 5.92 Å². The highest BCUT2D eigenvalue weighted by Gasteiger charge is 2.26. The van der Waals surface area contributed by atoms with Gasteiger partial charge in [0.15, 0.2) is 17.5 Å². The Bertz CT molecular complexity index is 758. The number of benzene rings is 1. The smallest absolute Gasteiger partial charge is 0.410 e. The van der Waals surface area contributed by atoms with Crippen molar-refractivity contribution in [3.63, 3.8) is 0 Å². The summed E-state index contributed by atoms with van der Waals surface area (Å²) in [4.78, 5) is 18.3. The van der Waals surface area contributed by atoms with Gasteiger partial charge in [-0.3, -0.25) is 4.99 Å². The third-order valence-corrected chi connectivity index (χ3v) is 5.06. The first-order valence-electron chi connectivity index (χ1n) is 10.7. The van der Waals surface area contributed by atoms with E-state index in [9.17, 15) is 4.79 Å². The number of piperidine rings is 1. The highest BCUT2D eigenvalue weighted by Crippen LogP contribution is 2.32. The molecule has 1 amide bonds. The van der Waals surface area contributed by atoms with Crippen LogP contribution in [0.25, 0.3) is 0 Å². The number of hydrogen-bond acceptors (Lipinski definition) is 5. The summed E-state index contributed by atoms with van der Waals surface area (Å²) in [5, 5.41) is 6.70. The number of fused-ring (bicyclic) bond motifs is 1. The summed E-state index contributed by atoms with van der Waals surface area (Å²) in [6, 6.07) is 5.81. The van der Waals surface area contributed by atoms with Gasteiger partial charge in [-0.1, -0.05) is 0 Å². The molecule has 3 rings (SSSR count). The molecule has 0 spiro atoms. The number of aliphatic imine (C=N–C) groups is 1. The van der Waals surface area contributed by atoms with Crippen LogP contribution in [0.5, 0.6) is 11.5 Å². The Hall–Kier alpha value is -1.91. The number of ether oxygens (including phenoxy) is 3. The number of amides is 1. The largest absolute Gasteiger partial charge is 0.490 e. The predicted octanol–water partition coefficient (Wildman–Crippen LogP) is 4.10. The van der Waals surface area contributed by atoms with Crippen LogP contribution in [-0.4, -0.2) is 62.4 Å². The number of anilines is 1. The summed E-state index contributed by atoms with van der Waals surface area (Å²) in [6.07, 6.45) is 2.54. The molecule has 1 aromatic carbocycles. The van der Waals surface area contributed by atoms with Crippen molar-refractivity contribution in [1.29, 1.82) is 0 Å². The van der Waals surface area contributed by atoms with E-state index in [2.05, 4.69) is 15.6 Å². The topological polar surface area (TPSA) is 84.4 Å². The molecule has 0 radical (unpaired) electrons. The van der Waals surface area contributed by atoms with E-state index in [-0.39, 0.29) is 30.1 Å². The number of rotatable bonds is 3. The van der Waals surface area contributed by atoms with E-state index in [4.69, 9.17) is 14.2 Å². The van der Waals surface area contributed by atoms with Crippen LogP contribution in [0.1, 0.15) is 40.0 Å². The number of carbonyl (C=O) groups is 1. The van der Waals surface area contributed by atoms with Crippen LogP contribution in [-0.2, 0) is 4.74 Å². The lowest BCUT2D eigenvalue weighted by molar-refractivity contribution is 0.0185. The lowest BCUT2D eigenvalue weighted by atomic mass is 9.97. The highest BCUT2D eigenvalue weighted by molar-refractivity contribution is 14.0. The van der Waals surface area contributed by atoms with Crippen molar-refractivity contribution in [2.45, 2.75) is 45.6 Å². The van der Waals surface area contributed by atoms with Gasteiger partial charge in [-0.25, -0.2) is 4.79 Å². The lowest BCUT2D eigenvalue weighted by Crippen LogP contribution is -2.44. The van der Waals surface area contributed by atoms with Gasteiger partial charge >= 0.3 is 6.09 Å². The molecule has 1 fully saturated rings. The number of hydrogen-bond donors (Lipinski definition) is 2. The van der Waals surface area contributed by atoms with E-state index < -0.39 is 5.60 Å². The minimum absolute atomic E-state index is 0. The molecule has 2 aliphatic heterocycles. The maximum absolute atomic E-state index is 12.2. The third-order valence-electron chi connectivity index (χ3n) is 5.06. The molecular formula is C22H35IN4O4. The average molecular weight is 546 g/mol. The Morgan fingerprint density at radius 2 is 1.87 bits per heavy atom. The molecule has 8 nitrogen and oxygen atoms in total. The molecule has 9 heteroatoms. The van der Waals surface area contributed by atoms with Crippen LogP contribution in [0.4, 0.5) is 10.5 Å². The quantitative estimate of drug-likeness (QED) is 0.338. The van der Waals surface area contributed by atoms with E-state index in [0.29, 0.717) is 25.1 Å². The summed E-state index contributed by atoms with van der Waals surface area (Å²) >= 11 is 0. The van der Waals surface area contributed by atoms with Crippen LogP contribution in [0.2, 0.25) is 0 Å². The molecule has 0 aliphatic carbocycles. The molecule has 0 unspecified atom stereocenters. The maximum atomic E-state index is 12.2. The second-order valence-electron chi connectivity index (χ2n) is 8.70. The summed E-state index contributed by atoms with van der Waals surface area (Å²) < 4.78 is 16.9. The second kappa shape index (κ2) is 11.6. The number of guanidine groups is 1. The van der Waals surface area contributed by atoms with E-state index in [1.54, 1.807) is 11.9 Å². The Balaban J connectivity index is 0.00000341. The molecule has 0 bridgehead atoms. The number of nitrogens with zero attached hydrogens (tertiary/aromatic N) is 2. The lowest BCUT2D eigenvalue weighted by Gasteiger charge is -2.33. The number of carbonyl (C=O) groups excluding carboxylic acids is 1. The predicted molar refractivity (Wildman–Crippen MR) is 133 cm³/mol. The van der Waals surface area contributed by atoms with E-state index in [1.807, 2.05) is 39.0 Å². The van der Waals surface area contributed by atoms with E-state index >= 15 is 0 Å². The van der Waals surface area contributed by atoms with Crippen LogP contribution in [0.3, 0.4) is 0 Å². The fraction of sp³-hybridized carbons (Fsp3) is 0.636. The molecule has 0 atom stereocenters. The van der Waals surface area contributed by atoms with Crippen molar-refractivity contribution in [1.82, 2.24) is 10.2 Å². The SMILES string of the molecule is CN=C(NCC1CCN(C(=O)OC(C)(C)C)CC1)Nc1ccc2c(c1)OCCCO2.I. The van der Waals surface area contributed by atoms with E-state index in [1.165, 1.54) is 0 Å². The van der Waals surface area contributed by atoms with Gasteiger partial charge in [-0.15, -0.1) is 24.0 Å². The number of likely N-dealkylation sites (tertiary alicyclic amines) is 1. The van der Waals surface area contributed by atoms with Crippen LogP contribution < -0.4 is 20.1 Å². The summed E-state index contributed by atoms with van der Waals surface area (Å²) in [6.45, 7) is 9.24. The average Bonchev–Trinajstić information content (AvgIpc) is 2.95. The van der Waals surface area contributed by atoms with Crippen LogP contribution >= 0.6 is 24.0 Å². The fourth-order valence-electron chi connectivity index (χ4n) is 3.44. The molecule has 174 valence electrons. The Morgan fingerprint density at radius 1 is 1.19 bits per heavy atom. The Labute approximate surface area is 202 Å². The summed E-state index contributed by atoms with van der Waals surface area (Å²) in [5.74, 6) is 2.71. The van der Waals surface area contributed by atoms with Gasteiger partial charge in [-0.2, -0.15) is 0 Å². The highest BCUT2D eigenvalue weighted by atomic mass is 127. The minimum atomic E-state index is -0.458. The number of halogens is 1. The van der Waals surface area contributed by atoms with Gasteiger partial charge in [0.1, 0.15) is 5.60 Å². The first kappa shape index (κ1) is 25.4. The van der Waals surface area contributed by atoms with Crippen molar-refractivity contribution < 1.29 is 19.0 Å². The van der Waals surface area contributed by atoms with Gasteiger partial charge in [0.05, 0.1) is 13.2 Å². The molecule has 1 aromatic rings. The third kappa shape index (κ3) is 7.93. The summed E-state index contributed by atoms with van der Waals surface area (Å²) in [5.41, 5.74) is 0.438. The van der Waals surface area contributed by atoms with Gasteiger partial charge in [-0.05, 0) is 51.7 Å². The molecule has 2 heterocycles. The summed E-state index contributed by atoms with van der Waals surface area (Å²) in [7, 11) is 1.75. The van der Waals surface area contributed by atoms with Gasteiger partial charge in [0, 0.05) is 44.9 Å². The zero-order chi connectivity index (χ0) is 21.6. The van der Waals surface area contributed by atoms with Crippen molar-refractivity contribution in [2.24, 2.45) is 10.9 Å². The second-order valence-corrected chi connectivity index (χ2v) is 8.70. The Morgan fingerprint density at radius 3 is 2.52 bits per heavy atom. The molecule has 2 aliphatic rings. The first-order chi connectivity index (χ1) is 14.3. The van der Waals surface area contributed by atoms with Gasteiger partial charge < -0.3 is 29.7 Å². The number of nitrogens with one attached hydrogen (secondary N) is 2. The zero-order valence-electron chi connectivity index (χ0n) is 18.9. The minimum Gasteiger partial charge on any atom is -0.490 e. The Kier molecular flexibility index (Phi) is 9.52. The molecule has 0 aromatic heterocycles. The normalized spacial score (nSPS) is 17.3. The molecule has 0 saturated carbocycles. The maximum Gasteiger partial charge on any atom is 0.410 e. The van der Waals surface area contributed by atoms with Crippen molar-refractivity contribution in [3.05, 3.63) is 18.2 Å². The standard InChI is InChI=1S/C22H34N4O4.HI/c1-22(2,3)30-21(27)26-10-8-16(9-11-26)15-24-20(23-4)25-17-6-7-18-19(14-17)29-13-5-12-28-18;/h6-7,14,16H,5,8-13,15H2,1-4H3,(H2,23,24,25);1H. The van der Waals surface area contributed by atoms with Gasteiger partial charge in [0.25, 0.3) is 0 Å². The van der Waals surface area contributed by atoms with E-state index in [0.717, 1.165) is 56.1 Å². The van der Waals surface area contributed by atoms with Crippen LogP contribution in [0.15, 0.2) is 23.2 Å². The van der Waals surface area contributed by atoms with Crippen molar-refractivity contribution >= 4 is 41.7 Å². The molecular weight excluding hydrogens is 511 g/mol. The van der Waals surface area contributed by atoms with Crippen molar-refractivity contribution in [3.8, 4) is 11.5 Å². The van der Waals surface area contributed by atoms with Gasteiger partial charge in [0.2, 0.25) is 0 Å².